The summed E-state index contributed by atoms with van der Waals surface area (Å²) in [5, 5.41) is 13.7. The smallest absolute Gasteiger partial charge is 0.319 e. The number of methoxy groups -OCH3 is 1. The van der Waals surface area contributed by atoms with Crippen molar-refractivity contribution >= 4 is 22.8 Å². The van der Waals surface area contributed by atoms with E-state index >= 15 is 0 Å². The van der Waals surface area contributed by atoms with Gasteiger partial charge in [0, 0.05) is 26.4 Å². The maximum absolute atomic E-state index is 12.3. The molecule has 0 unspecified atom stereocenters. The van der Waals surface area contributed by atoms with Gasteiger partial charge in [-0.2, -0.15) is 0 Å². The number of hydrogen-bond donors (Lipinski definition) is 2. The monoisotopic (exact) mass is 343 g/mol. The third kappa shape index (κ3) is 3.77. The van der Waals surface area contributed by atoms with Gasteiger partial charge in [-0.15, -0.1) is 10.2 Å². The molecule has 2 heterocycles. The zero-order valence-corrected chi connectivity index (χ0v) is 14.4. The number of nitrogens with one attached hydrogen (secondary N) is 2. The highest BCUT2D eigenvalue weighted by Gasteiger charge is 2.16. The largest absolute Gasteiger partial charge is 0.383 e. The van der Waals surface area contributed by atoms with Crippen molar-refractivity contribution in [3.05, 3.63) is 36.7 Å². The van der Waals surface area contributed by atoms with Gasteiger partial charge < -0.3 is 24.5 Å². The Hall–Kier alpha value is -2.94. The number of nitrogens with zero attached hydrogens (tertiary/aromatic N) is 5. The van der Waals surface area contributed by atoms with Gasteiger partial charge in [0.1, 0.15) is 6.33 Å². The molecule has 9 heteroatoms. The minimum atomic E-state index is -0.316. The predicted molar refractivity (Wildman–Crippen MR) is 93.2 cm³/mol. The van der Waals surface area contributed by atoms with Gasteiger partial charge in [0.05, 0.1) is 30.0 Å². The summed E-state index contributed by atoms with van der Waals surface area (Å²) in [6.07, 6.45) is 3.36. The summed E-state index contributed by atoms with van der Waals surface area (Å²) in [6.45, 7) is 3.03. The zero-order chi connectivity index (χ0) is 17.8. The Bertz CT molecular complexity index is 870. The Morgan fingerprint density at radius 1 is 1.36 bits per heavy atom. The molecular weight excluding hydrogens is 322 g/mol. The van der Waals surface area contributed by atoms with Crippen molar-refractivity contribution < 1.29 is 9.53 Å². The molecule has 0 aliphatic heterocycles. The van der Waals surface area contributed by atoms with E-state index in [1.165, 1.54) is 0 Å². The number of carbonyl (C=O) groups excluding carboxylic acids is 1. The Labute approximate surface area is 145 Å². The molecule has 1 aromatic carbocycles. The predicted octanol–water partition coefficient (Wildman–Crippen LogP) is 1.69. The van der Waals surface area contributed by atoms with Gasteiger partial charge in [0.25, 0.3) is 0 Å². The average molecular weight is 343 g/mol. The number of rotatable bonds is 6. The molecule has 25 heavy (non-hydrogen) atoms. The minimum Gasteiger partial charge on any atom is -0.383 e. The first kappa shape index (κ1) is 16.9. The number of hydrogen-bond acceptors (Lipinski definition) is 5. The van der Waals surface area contributed by atoms with Crippen molar-refractivity contribution in [1.82, 2.24) is 29.6 Å². The van der Waals surface area contributed by atoms with E-state index in [9.17, 15) is 4.79 Å². The van der Waals surface area contributed by atoms with Crippen molar-refractivity contribution in [2.24, 2.45) is 7.05 Å². The number of fused-ring (bicyclic) bond motifs is 1. The third-order valence-electron chi connectivity index (χ3n) is 3.90. The highest BCUT2D eigenvalue weighted by Crippen LogP contribution is 2.17. The van der Waals surface area contributed by atoms with Crippen LogP contribution >= 0.6 is 0 Å². The minimum absolute atomic E-state index is 0.294. The zero-order valence-electron chi connectivity index (χ0n) is 14.4. The fraction of sp³-hybridized carbons (Fsp3) is 0.375. The van der Waals surface area contributed by atoms with Crippen LogP contribution < -0.4 is 10.6 Å². The van der Waals surface area contributed by atoms with Crippen LogP contribution in [0.2, 0.25) is 0 Å². The number of benzene rings is 1. The summed E-state index contributed by atoms with van der Waals surface area (Å²) < 4.78 is 8.84. The van der Waals surface area contributed by atoms with E-state index in [0.717, 1.165) is 11.0 Å². The first-order chi connectivity index (χ1) is 12.1. The lowest BCUT2D eigenvalue weighted by atomic mass is 10.2. The van der Waals surface area contributed by atoms with Crippen molar-refractivity contribution in [3.8, 4) is 0 Å². The van der Waals surface area contributed by atoms with E-state index in [2.05, 4.69) is 25.8 Å². The standard InChI is InChI=1S/C16H21N7O2/c1-11(15-21-18-10-23(15)6-7-25-3)19-16(24)20-12-4-5-14-13(8-12)17-9-22(14)2/h4-5,8-11H,6-7H2,1-3H3,(H2,19,20,24)/t11-/m0/s1. The molecule has 2 aromatic heterocycles. The quantitative estimate of drug-likeness (QED) is 0.710. The number of ether oxygens (including phenoxy) is 1. The Balaban J connectivity index is 1.64. The highest BCUT2D eigenvalue weighted by atomic mass is 16.5. The van der Waals surface area contributed by atoms with E-state index in [0.29, 0.717) is 24.7 Å². The van der Waals surface area contributed by atoms with Gasteiger partial charge >= 0.3 is 6.03 Å². The number of aryl methyl sites for hydroxylation is 1. The maximum Gasteiger partial charge on any atom is 0.319 e. The second-order valence-electron chi connectivity index (χ2n) is 5.75. The molecule has 2 amide bonds. The average Bonchev–Trinajstić information content (AvgIpc) is 3.19. The molecule has 0 saturated carbocycles. The SMILES string of the molecule is COCCn1cnnc1[C@H](C)NC(=O)Nc1ccc2c(c1)ncn2C. The summed E-state index contributed by atoms with van der Waals surface area (Å²) in [4.78, 5) is 16.5. The Morgan fingerprint density at radius 2 is 2.20 bits per heavy atom. The van der Waals surface area contributed by atoms with Crippen LogP contribution in [-0.2, 0) is 18.3 Å². The first-order valence-corrected chi connectivity index (χ1v) is 7.93. The molecule has 1 atom stereocenters. The number of carbonyl (C=O) groups is 1. The molecule has 0 aliphatic carbocycles. The molecule has 2 N–H and O–H groups in total. The molecule has 0 spiro atoms. The number of amides is 2. The van der Waals surface area contributed by atoms with Crippen LogP contribution in [0.4, 0.5) is 10.5 Å². The van der Waals surface area contributed by atoms with Gasteiger partial charge in [-0.1, -0.05) is 0 Å². The Morgan fingerprint density at radius 3 is 3.00 bits per heavy atom. The number of anilines is 1. The summed E-state index contributed by atoms with van der Waals surface area (Å²) in [5.41, 5.74) is 2.51. The lowest BCUT2D eigenvalue weighted by molar-refractivity contribution is 0.185. The molecule has 0 radical (unpaired) electrons. The molecule has 9 nitrogen and oxygen atoms in total. The summed E-state index contributed by atoms with van der Waals surface area (Å²) in [7, 11) is 3.56. The number of aromatic nitrogens is 5. The van der Waals surface area contributed by atoms with Crippen molar-refractivity contribution in [2.75, 3.05) is 19.0 Å². The molecule has 0 saturated heterocycles. The van der Waals surface area contributed by atoms with Gasteiger partial charge in [-0.3, -0.25) is 0 Å². The van der Waals surface area contributed by atoms with Crippen LogP contribution in [0.15, 0.2) is 30.9 Å². The van der Waals surface area contributed by atoms with E-state index in [1.54, 1.807) is 19.8 Å². The van der Waals surface area contributed by atoms with Gasteiger partial charge in [-0.05, 0) is 25.1 Å². The highest BCUT2D eigenvalue weighted by molar-refractivity contribution is 5.92. The molecule has 0 aliphatic rings. The number of urea groups is 1. The Kier molecular flexibility index (Phi) is 4.94. The summed E-state index contributed by atoms with van der Waals surface area (Å²) in [5.74, 6) is 0.673. The van der Waals surface area contributed by atoms with E-state index in [1.807, 2.05) is 41.3 Å². The third-order valence-corrected chi connectivity index (χ3v) is 3.90. The van der Waals surface area contributed by atoms with Crippen LogP contribution in [0.25, 0.3) is 11.0 Å². The van der Waals surface area contributed by atoms with Crippen molar-refractivity contribution in [2.45, 2.75) is 19.5 Å². The van der Waals surface area contributed by atoms with Gasteiger partial charge in [-0.25, -0.2) is 9.78 Å². The number of imidazole rings is 1. The van der Waals surface area contributed by atoms with E-state index in [4.69, 9.17) is 4.74 Å². The van der Waals surface area contributed by atoms with Crippen molar-refractivity contribution in [3.63, 3.8) is 0 Å². The van der Waals surface area contributed by atoms with Crippen LogP contribution in [-0.4, -0.2) is 44.1 Å². The van der Waals surface area contributed by atoms with E-state index in [-0.39, 0.29) is 12.1 Å². The second-order valence-corrected chi connectivity index (χ2v) is 5.75. The van der Waals surface area contributed by atoms with Crippen molar-refractivity contribution in [1.29, 1.82) is 0 Å². The topological polar surface area (TPSA) is 98.9 Å². The molecule has 3 aromatic rings. The van der Waals surface area contributed by atoms with Crippen LogP contribution in [0.1, 0.15) is 18.8 Å². The lowest BCUT2D eigenvalue weighted by Gasteiger charge is -2.15. The molecular formula is C16H21N7O2. The normalized spacial score (nSPS) is 12.3. The van der Waals surface area contributed by atoms with Gasteiger partial charge in [0.15, 0.2) is 5.82 Å². The molecule has 3 rings (SSSR count). The lowest BCUT2D eigenvalue weighted by Crippen LogP contribution is -2.32. The van der Waals surface area contributed by atoms with Crippen LogP contribution in [0, 0.1) is 0 Å². The van der Waals surface area contributed by atoms with E-state index < -0.39 is 0 Å². The summed E-state index contributed by atoms with van der Waals surface area (Å²) >= 11 is 0. The fourth-order valence-electron chi connectivity index (χ4n) is 2.60. The maximum atomic E-state index is 12.3. The molecule has 0 bridgehead atoms. The second kappa shape index (κ2) is 7.31. The van der Waals surface area contributed by atoms with Crippen LogP contribution in [0.3, 0.4) is 0 Å². The molecule has 0 fully saturated rings. The fourth-order valence-corrected chi connectivity index (χ4v) is 2.60. The van der Waals surface area contributed by atoms with Crippen LogP contribution in [0.5, 0.6) is 0 Å². The molecule has 132 valence electrons. The summed E-state index contributed by atoms with van der Waals surface area (Å²) in [6, 6.07) is 4.99. The van der Waals surface area contributed by atoms with Gasteiger partial charge in [0.2, 0.25) is 0 Å². The first-order valence-electron chi connectivity index (χ1n) is 7.93.